The van der Waals surface area contributed by atoms with Crippen molar-refractivity contribution < 1.29 is 5.11 Å². The summed E-state index contributed by atoms with van der Waals surface area (Å²) in [4.78, 5) is 1.44. The molecule has 1 saturated carbocycles. The van der Waals surface area contributed by atoms with E-state index in [0.29, 0.717) is 6.04 Å². The van der Waals surface area contributed by atoms with Gasteiger partial charge in [-0.25, -0.2) is 0 Å². The van der Waals surface area contributed by atoms with Crippen LogP contribution in [0.1, 0.15) is 55.0 Å². The molecule has 3 atom stereocenters. The van der Waals surface area contributed by atoms with Crippen molar-refractivity contribution in [3.05, 3.63) is 20.8 Å². The lowest BCUT2D eigenvalue weighted by Crippen LogP contribution is -2.44. The number of aryl methyl sites for hydroxylation is 1. The van der Waals surface area contributed by atoms with E-state index in [-0.39, 0.29) is 12.1 Å². The van der Waals surface area contributed by atoms with Gasteiger partial charge in [0.2, 0.25) is 0 Å². The number of aliphatic hydroxyl groups is 1. The van der Waals surface area contributed by atoms with Crippen LogP contribution in [0.15, 0.2) is 6.07 Å². The first kappa shape index (κ1) is 12.9. The quantitative estimate of drug-likeness (QED) is 0.869. The fourth-order valence-electron chi connectivity index (χ4n) is 3.26. The van der Waals surface area contributed by atoms with Gasteiger partial charge >= 0.3 is 0 Å². The lowest BCUT2D eigenvalue weighted by Gasteiger charge is -2.34. The number of halogens is 1. The Morgan fingerprint density at radius 3 is 2.89 bits per heavy atom. The summed E-state index contributed by atoms with van der Waals surface area (Å²) >= 11 is 7.85. The third kappa shape index (κ3) is 2.60. The summed E-state index contributed by atoms with van der Waals surface area (Å²) < 4.78 is 0.901. The van der Waals surface area contributed by atoms with E-state index in [9.17, 15) is 5.11 Å². The van der Waals surface area contributed by atoms with E-state index in [1.807, 2.05) is 0 Å². The van der Waals surface area contributed by atoms with Crippen molar-refractivity contribution in [3.8, 4) is 0 Å². The number of rotatable bonds is 2. The molecule has 2 nitrogen and oxygen atoms in total. The predicted molar refractivity (Wildman–Crippen MR) is 76.4 cm³/mol. The monoisotopic (exact) mass is 285 g/mol. The molecule has 0 aliphatic heterocycles. The minimum Gasteiger partial charge on any atom is -0.392 e. The molecule has 3 unspecified atom stereocenters. The molecule has 2 aliphatic rings. The molecule has 2 aliphatic carbocycles. The van der Waals surface area contributed by atoms with Gasteiger partial charge in [-0.3, -0.25) is 0 Å². The molecular weight excluding hydrogens is 266 g/mol. The summed E-state index contributed by atoms with van der Waals surface area (Å²) in [5.41, 5.74) is 1.38. The van der Waals surface area contributed by atoms with Crippen LogP contribution < -0.4 is 5.32 Å². The molecule has 0 aromatic carbocycles. The molecule has 0 amide bonds. The van der Waals surface area contributed by atoms with Gasteiger partial charge in [0.05, 0.1) is 10.4 Å². The van der Waals surface area contributed by atoms with Crippen molar-refractivity contribution in [2.24, 2.45) is 0 Å². The van der Waals surface area contributed by atoms with Crippen LogP contribution in [0.3, 0.4) is 0 Å². The van der Waals surface area contributed by atoms with Crippen molar-refractivity contribution in [1.82, 2.24) is 5.32 Å². The fourth-order valence-corrected chi connectivity index (χ4v) is 4.64. The van der Waals surface area contributed by atoms with Crippen molar-refractivity contribution in [2.45, 2.75) is 63.1 Å². The first-order valence-corrected chi connectivity index (χ1v) is 8.15. The van der Waals surface area contributed by atoms with Gasteiger partial charge in [-0.2, -0.15) is 0 Å². The Labute approximate surface area is 117 Å². The topological polar surface area (TPSA) is 32.3 Å². The zero-order valence-electron chi connectivity index (χ0n) is 10.5. The Morgan fingerprint density at radius 2 is 2.06 bits per heavy atom. The molecule has 1 fully saturated rings. The molecular formula is C14H20ClNOS. The van der Waals surface area contributed by atoms with E-state index < -0.39 is 0 Å². The summed E-state index contributed by atoms with van der Waals surface area (Å²) in [7, 11) is 0. The lowest BCUT2D eigenvalue weighted by molar-refractivity contribution is 0.0835. The molecule has 0 radical (unpaired) electrons. The SMILES string of the molecule is OC1CCCCC1NC1CCCc2sc(Cl)cc21. The molecule has 3 rings (SSSR count). The average Bonchev–Trinajstić information content (AvgIpc) is 2.73. The highest BCUT2D eigenvalue weighted by Crippen LogP contribution is 2.38. The molecule has 1 aromatic rings. The summed E-state index contributed by atoms with van der Waals surface area (Å²) in [6, 6.07) is 2.79. The van der Waals surface area contributed by atoms with Crippen LogP contribution >= 0.6 is 22.9 Å². The number of aliphatic hydroxyl groups excluding tert-OH is 1. The normalized spacial score (nSPS) is 32.2. The first-order valence-electron chi connectivity index (χ1n) is 6.96. The standard InChI is InChI=1S/C14H20ClNOS/c15-14-8-9-10(5-3-7-13(9)18-14)16-11-4-1-2-6-12(11)17/h8,10-12,16-17H,1-7H2. The lowest BCUT2D eigenvalue weighted by atomic mass is 9.88. The number of fused-ring (bicyclic) bond motifs is 1. The number of hydrogen-bond donors (Lipinski definition) is 2. The Bertz CT molecular complexity index is 420. The van der Waals surface area contributed by atoms with E-state index in [0.717, 1.165) is 23.6 Å². The smallest absolute Gasteiger partial charge is 0.0934 e. The highest BCUT2D eigenvalue weighted by Gasteiger charge is 2.29. The van der Waals surface area contributed by atoms with Crippen LogP contribution in [0.4, 0.5) is 0 Å². The Kier molecular flexibility index (Phi) is 3.94. The predicted octanol–water partition coefficient (Wildman–Crippen LogP) is 3.67. The van der Waals surface area contributed by atoms with Crippen molar-refractivity contribution >= 4 is 22.9 Å². The molecule has 100 valence electrons. The van der Waals surface area contributed by atoms with Crippen LogP contribution in [0.5, 0.6) is 0 Å². The second-order valence-electron chi connectivity index (χ2n) is 5.50. The van der Waals surface area contributed by atoms with Crippen molar-refractivity contribution in [1.29, 1.82) is 0 Å². The summed E-state index contributed by atoms with van der Waals surface area (Å²) in [6.45, 7) is 0. The Morgan fingerprint density at radius 1 is 1.22 bits per heavy atom. The zero-order valence-corrected chi connectivity index (χ0v) is 12.1. The van der Waals surface area contributed by atoms with Crippen LogP contribution in [0.25, 0.3) is 0 Å². The van der Waals surface area contributed by atoms with Gasteiger partial charge < -0.3 is 10.4 Å². The third-order valence-electron chi connectivity index (χ3n) is 4.23. The summed E-state index contributed by atoms with van der Waals surface area (Å²) in [6.07, 6.45) is 7.84. The van der Waals surface area contributed by atoms with Gasteiger partial charge in [0.1, 0.15) is 0 Å². The molecule has 18 heavy (non-hydrogen) atoms. The highest BCUT2D eigenvalue weighted by molar-refractivity contribution is 7.16. The second kappa shape index (κ2) is 5.49. The molecule has 4 heteroatoms. The molecule has 0 bridgehead atoms. The number of nitrogens with one attached hydrogen (secondary N) is 1. The van der Waals surface area contributed by atoms with E-state index in [4.69, 9.17) is 11.6 Å². The van der Waals surface area contributed by atoms with Crippen molar-refractivity contribution in [3.63, 3.8) is 0 Å². The number of thiophene rings is 1. The second-order valence-corrected chi connectivity index (χ2v) is 7.27. The first-order chi connectivity index (χ1) is 8.74. The van der Waals surface area contributed by atoms with Gasteiger partial charge in [-0.1, -0.05) is 24.4 Å². The van der Waals surface area contributed by atoms with Gasteiger partial charge in [-0.15, -0.1) is 11.3 Å². The van der Waals surface area contributed by atoms with E-state index >= 15 is 0 Å². The van der Waals surface area contributed by atoms with Gasteiger partial charge in [0.25, 0.3) is 0 Å². The average molecular weight is 286 g/mol. The van der Waals surface area contributed by atoms with E-state index in [2.05, 4.69) is 11.4 Å². The molecule has 1 aromatic heterocycles. The van der Waals surface area contributed by atoms with E-state index in [1.54, 1.807) is 11.3 Å². The van der Waals surface area contributed by atoms with Crippen LogP contribution in [-0.4, -0.2) is 17.3 Å². The van der Waals surface area contributed by atoms with Crippen LogP contribution in [-0.2, 0) is 6.42 Å². The van der Waals surface area contributed by atoms with Gasteiger partial charge in [-0.05, 0) is 43.7 Å². The minimum absolute atomic E-state index is 0.168. The maximum atomic E-state index is 10.1. The molecule has 2 N–H and O–H groups in total. The molecule has 0 spiro atoms. The Balaban J connectivity index is 1.73. The van der Waals surface area contributed by atoms with Crippen LogP contribution in [0.2, 0.25) is 4.34 Å². The summed E-state index contributed by atoms with van der Waals surface area (Å²) in [5, 5.41) is 13.7. The van der Waals surface area contributed by atoms with Gasteiger partial charge in [0, 0.05) is 17.0 Å². The van der Waals surface area contributed by atoms with Crippen LogP contribution in [0, 0.1) is 0 Å². The largest absolute Gasteiger partial charge is 0.392 e. The zero-order chi connectivity index (χ0) is 12.5. The van der Waals surface area contributed by atoms with E-state index in [1.165, 1.54) is 36.1 Å². The number of hydrogen-bond acceptors (Lipinski definition) is 3. The minimum atomic E-state index is -0.168. The summed E-state index contributed by atoms with van der Waals surface area (Å²) in [5.74, 6) is 0. The van der Waals surface area contributed by atoms with Crippen molar-refractivity contribution in [2.75, 3.05) is 0 Å². The Hall–Kier alpha value is -0.0900. The highest BCUT2D eigenvalue weighted by atomic mass is 35.5. The fraction of sp³-hybridized carbons (Fsp3) is 0.714. The molecule has 1 heterocycles. The third-order valence-corrected chi connectivity index (χ3v) is 5.57. The molecule has 0 saturated heterocycles. The maximum absolute atomic E-state index is 10.1. The van der Waals surface area contributed by atoms with Gasteiger partial charge in [0.15, 0.2) is 0 Å². The maximum Gasteiger partial charge on any atom is 0.0934 e.